The van der Waals surface area contributed by atoms with Crippen molar-refractivity contribution in [1.29, 1.82) is 0 Å². The highest BCUT2D eigenvalue weighted by molar-refractivity contribution is 6.43. The van der Waals surface area contributed by atoms with Gasteiger partial charge in [0, 0.05) is 45.0 Å². The van der Waals surface area contributed by atoms with Gasteiger partial charge in [-0.25, -0.2) is 4.79 Å². The molecule has 0 unspecified atom stereocenters. The molecule has 0 bridgehead atoms. The van der Waals surface area contributed by atoms with E-state index in [-0.39, 0.29) is 12.2 Å². The molecule has 1 heterocycles. The molecule has 12 heteroatoms. The quantitative estimate of drug-likeness (QED) is 0.293. The largest absolute Gasteiger partial charge is 0.493 e. The number of amides is 2. The Bertz CT molecular complexity index is 1320. The molecule has 0 spiro atoms. The van der Waals surface area contributed by atoms with Gasteiger partial charge in [0.15, 0.2) is 11.5 Å². The Balaban J connectivity index is 1.22. The second-order valence-electron chi connectivity index (χ2n) is 9.12. The molecule has 40 heavy (non-hydrogen) atoms. The van der Waals surface area contributed by atoms with Gasteiger partial charge >= 0.3 is 12.2 Å². The molecule has 1 saturated heterocycles. The van der Waals surface area contributed by atoms with E-state index in [0.717, 1.165) is 56.1 Å². The predicted octanol–water partition coefficient (Wildman–Crippen LogP) is 6.54. The molecular formula is C28H29Cl2F3N4O3. The van der Waals surface area contributed by atoms with Gasteiger partial charge in [0.05, 0.1) is 28.4 Å². The van der Waals surface area contributed by atoms with Crippen molar-refractivity contribution in [3.8, 4) is 11.5 Å². The lowest BCUT2D eigenvalue weighted by molar-refractivity contribution is -0.137. The van der Waals surface area contributed by atoms with E-state index in [1.807, 2.05) is 12.1 Å². The van der Waals surface area contributed by atoms with Crippen LogP contribution in [0.25, 0.3) is 0 Å². The lowest BCUT2D eigenvalue weighted by atomic mass is 10.2. The average molecular weight is 597 g/mol. The van der Waals surface area contributed by atoms with Crippen LogP contribution in [0.2, 0.25) is 10.0 Å². The molecule has 0 aromatic heterocycles. The number of hydrogen-bond acceptors (Lipinski definition) is 5. The minimum atomic E-state index is -4.49. The second-order valence-corrected chi connectivity index (χ2v) is 9.91. The normalized spacial score (nSPS) is 14.1. The number of carbonyl (C=O) groups excluding carboxylic acids is 1. The number of nitrogens with zero attached hydrogens (tertiary/aromatic N) is 2. The number of halogens is 5. The molecule has 0 aliphatic carbocycles. The molecule has 3 aromatic carbocycles. The number of hydrogen-bond donors (Lipinski definition) is 2. The Morgan fingerprint density at radius 1 is 0.975 bits per heavy atom. The van der Waals surface area contributed by atoms with Gasteiger partial charge in [0.25, 0.3) is 0 Å². The van der Waals surface area contributed by atoms with Crippen LogP contribution >= 0.6 is 23.2 Å². The summed E-state index contributed by atoms with van der Waals surface area (Å²) in [5.41, 5.74) is 0.885. The fourth-order valence-corrected chi connectivity index (χ4v) is 4.72. The Morgan fingerprint density at radius 2 is 1.73 bits per heavy atom. The SMILES string of the molecule is COc1cc(CNC(=O)Nc2cccc(C(F)(F)F)c2)ccc1OCCN1CCN(c2cccc(Cl)c2Cl)CC1. The lowest BCUT2D eigenvalue weighted by Gasteiger charge is -2.36. The third-order valence-corrected chi connectivity index (χ3v) is 7.25. The Kier molecular flexibility index (Phi) is 9.89. The van der Waals surface area contributed by atoms with Gasteiger partial charge in [-0.15, -0.1) is 0 Å². The Hall–Kier alpha value is -3.34. The minimum absolute atomic E-state index is 0.0447. The monoisotopic (exact) mass is 596 g/mol. The van der Waals surface area contributed by atoms with Crippen molar-refractivity contribution >= 4 is 40.6 Å². The van der Waals surface area contributed by atoms with Crippen LogP contribution in [0.1, 0.15) is 11.1 Å². The van der Waals surface area contributed by atoms with Gasteiger partial charge in [-0.2, -0.15) is 13.2 Å². The molecule has 1 fully saturated rings. The van der Waals surface area contributed by atoms with Crippen molar-refractivity contribution < 1.29 is 27.4 Å². The van der Waals surface area contributed by atoms with Crippen LogP contribution in [0, 0.1) is 0 Å². The van der Waals surface area contributed by atoms with Crippen molar-refractivity contribution in [3.05, 3.63) is 81.8 Å². The molecular weight excluding hydrogens is 568 g/mol. The van der Waals surface area contributed by atoms with E-state index >= 15 is 0 Å². The van der Waals surface area contributed by atoms with Crippen molar-refractivity contribution in [3.63, 3.8) is 0 Å². The van der Waals surface area contributed by atoms with E-state index < -0.39 is 17.8 Å². The maximum absolute atomic E-state index is 12.9. The van der Waals surface area contributed by atoms with Gasteiger partial charge in [-0.3, -0.25) is 4.90 Å². The number of rotatable bonds is 9. The van der Waals surface area contributed by atoms with Crippen LogP contribution in [0.15, 0.2) is 60.7 Å². The summed E-state index contributed by atoms with van der Waals surface area (Å²) in [6.07, 6.45) is -4.49. The Morgan fingerprint density at radius 3 is 2.45 bits per heavy atom. The summed E-state index contributed by atoms with van der Waals surface area (Å²) in [5, 5.41) is 6.16. The molecule has 0 radical (unpaired) electrons. The molecule has 1 aliphatic rings. The molecule has 214 valence electrons. The first-order valence-electron chi connectivity index (χ1n) is 12.6. The van der Waals surface area contributed by atoms with Gasteiger partial charge in [0.1, 0.15) is 6.61 Å². The number of nitrogens with one attached hydrogen (secondary N) is 2. The number of carbonyl (C=O) groups is 1. The zero-order chi connectivity index (χ0) is 28.7. The van der Waals surface area contributed by atoms with E-state index in [1.165, 1.54) is 19.2 Å². The van der Waals surface area contributed by atoms with Gasteiger partial charge in [0.2, 0.25) is 0 Å². The smallest absolute Gasteiger partial charge is 0.416 e. The molecule has 2 amide bonds. The highest BCUT2D eigenvalue weighted by atomic mass is 35.5. The summed E-state index contributed by atoms with van der Waals surface area (Å²) < 4.78 is 50.1. The average Bonchev–Trinajstić information content (AvgIpc) is 2.94. The second kappa shape index (κ2) is 13.3. The Labute approximate surface area is 240 Å². The lowest BCUT2D eigenvalue weighted by Crippen LogP contribution is -2.47. The maximum atomic E-state index is 12.9. The van der Waals surface area contributed by atoms with E-state index in [4.69, 9.17) is 32.7 Å². The molecule has 0 saturated carbocycles. The highest BCUT2D eigenvalue weighted by Gasteiger charge is 2.30. The van der Waals surface area contributed by atoms with Crippen LogP contribution in [0.4, 0.5) is 29.3 Å². The molecule has 0 atom stereocenters. The number of methoxy groups -OCH3 is 1. The fraction of sp³-hybridized carbons (Fsp3) is 0.321. The molecule has 7 nitrogen and oxygen atoms in total. The van der Waals surface area contributed by atoms with Crippen molar-refractivity contribution in [2.24, 2.45) is 0 Å². The fourth-order valence-electron chi connectivity index (χ4n) is 4.31. The summed E-state index contributed by atoms with van der Waals surface area (Å²) in [5.74, 6) is 1.09. The van der Waals surface area contributed by atoms with Crippen LogP contribution < -0.4 is 25.0 Å². The summed E-state index contributed by atoms with van der Waals surface area (Å²) >= 11 is 12.5. The minimum Gasteiger partial charge on any atom is -0.493 e. The third-order valence-electron chi connectivity index (χ3n) is 6.44. The van der Waals surface area contributed by atoms with Gasteiger partial charge < -0.3 is 25.0 Å². The van der Waals surface area contributed by atoms with Crippen LogP contribution in [0.3, 0.4) is 0 Å². The highest BCUT2D eigenvalue weighted by Crippen LogP contribution is 2.33. The van der Waals surface area contributed by atoms with Crippen LogP contribution in [-0.4, -0.2) is 57.4 Å². The number of anilines is 2. The standard InChI is InChI=1S/C28H29Cl2F3N4O3/c1-39-25-16-19(18-34-27(38)35-21-5-2-4-20(17-21)28(31,32)33)8-9-24(25)40-15-14-36-10-12-37(13-11-36)23-7-3-6-22(29)26(23)30/h2-9,16-17H,10-15,18H2,1H3,(H2,34,35,38). The predicted molar refractivity (Wildman–Crippen MR) is 151 cm³/mol. The molecule has 3 aromatic rings. The number of ether oxygens (including phenoxy) is 2. The van der Waals surface area contributed by atoms with Gasteiger partial charge in [-0.05, 0) is 48.0 Å². The number of alkyl halides is 3. The van der Waals surface area contributed by atoms with E-state index in [9.17, 15) is 18.0 Å². The van der Waals surface area contributed by atoms with Crippen molar-refractivity contribution in [2.75, 3.05) is 56.7 Å². The third kappa shape index (κ3) is 7.87. The zero-order valence-electron chi connectivity index (χ0n) is 21.7. The zero-order valence-corrected chi connectivity index (χ0v) is 23.2. The molecule has 1 aliphatic heterocycles. The first-order chi connectivity index (χ1) is 19.1. The maximum Gasteiger partial charge on any atom is 0.416 e. The first-order valence-corrected chi connectivity index (χ1v) is 13.3. The summed E-state index contributed by atoms with van der Waals surface area (Å²) in [7, 11) is 1.53. The molecule has 4 rings (SSSR count). The molecule has 2 N–H and O–H groups in total. The van der Waals surface area contributed by atoms with E-state index in [1.54, 1.807) is 24.3 Å². The van der Waals surface area contributed by atoms with Crippen LogP contribution in [-0.2, 0) is 12.7 Å². The van der Waals surface area contributed by atoms with Crippen molar-refractivity contribution in [2.45, 2.75) is 12.7 Å². The van der Waals surface area contributed by atoms with Crippen molar-refractivity contribution in [1.82, 2.24) is 10.2 Å². The summed E-state index contributed by atoms with van der Waals surface area (Å²) in [6.45, 7) is 4.71. The topological polar surface area (TPSA) is 66.1 Å². The number of benzene rings is 3. The summed E-state index contributed by atoms with van der Waals surface area (Å²) in [4.78, 5) is 16.7. The number of urea groups is 1. The van der Waals surface area contributed by atoms with E-state index in [0.29, 0.717) is 28.2 Å². The van der Waals surface area contributed by atoms with Crippen LogP contribution in [0.5, 0.6) is 11.5 Å². The van der Waals surface area contributed by atoms with Gasteiger partial charge in [-0.1, -0.05) is 41.4 Å². The van der Waals surface area contributed by atoms with E-state index in [2.05, 4.69) is 20.4 Å². The first kappa shape index (κ1) is 29.6. The summed E-state index contributed by atoms with van der Waals surface area (Å²) in [6, 6.07) is 14.8. The number of piperazine rings is 1.